The summed E-state index contributed by atoms with van der Waals surface area (Å²) in [5, 5.41) is 6.85. The highest BCUT2D eigenvalue weighted by atomic mass is 16.5. The van der Waals surface area contributed by atoms with Crippen molar-refractivity contribution < 1.29 is 14.3 Å². The van der Waals surface area contributed by atoms with E-state index in [1.54, 1.807) is 0 Å². The number of hydrogen-bond acceptors (Lipinski definition) is 4. The first-order valence-corrected chi connectivity index (χ1v) is 9.34. The number of hydrazone groups is 1. The molecule has 3 aromatic rings. The molecule has 0 saturated carbocycles. The summed E-state index contributed by atoms with van der Waals surface area (Å²) in [6.07, 6.45) is 3.40. The number of carbonyl (C=O) groups is 2. The highest BCUT2D eigenvalue weighted by Gasteiger charge is 2.22. The SMILES string of the molecule is O=C(CCc1c[nH]c2ccccc12)OCC(=O)N1CCC(c2ccccc2)=N1. The molecular weight excluding hydrogens is 354 g/mol. The van der Waals surface area contributed by atoms with E-state index in [1.807, 2.05) is 60.8 Å². The Hall–Kier alpha value is -3.41. The van der Waals surface area contributed by atoms with Gasteiger partial charge in [0.15, 0.2) is 6.61 Å². The van der Waals surface area contributed by atoms with E-state index in [-0.39, 0.29) is 24.9 Å². The normalized spacial score (nSPS) is 13.6. The van der Waals surface area contributed by atoms with Gasteiger partial charge in [-0.3, -0.25) is 9.59 Å². The van der Waals surface area contributed by atoms with Crippen LogP contribution in [0.15, 0.2) is 65.9 Å². The van der Waals surface area contributed by atoms with Gasteiger partial charge in [0.1, 0.15) is 0 Å². The second kappa shape index (κ2) is 8.08. The van der Waals surface area contributed by atoms with Gasteiger partial charge in [0.2, 0.25) is 0 Å². The lowest BCUT2D eigenvalue weighted by atomic mass is 10.1. The van der Waals surface area contributed by atoms with Crippen LogP contribution >= 0.6 is 0 Å². The van der Waals surface area contributed by atoms with Gasteiger partial charge in [-0.2, -0.15) is 5.10 Å². The van der Waals surface area contributed by atoms with E-state index >= 15 is 0 Å². The van der Waals surface area contributed by atoms with Crippen molar-refractivity contribution in [2.75, 3.05) is 13.2 Å². The van der Waals surface area contributed by atoms with E-state index in [2.05, 4.69) is 10.1 Å². The molecule has 142 valence electrons. The molecule has 1 amide bonds. The predicted molar refractivity (Wildman–Crippen MR) is 107 cm³/mol. The number of aromatic nitrogens is 1. The van der Waals surface area contributed by atoms with Crippen LogP contribution in [0.1, 0.15) is 24.0 Å². The zero-order valence-corrected chi connectivity index (χ0v) is 15.4. The third kappa shape index (κ3) is 3.96. The number of benzene rings is 2. The van der Waals surface area contributed by atoms with Gasteiger partial charge in [-0.15, -0.1) is 0 Å². The number of esters is 1. The van der Waals surface area contributed by atoms with Crippen molar-refractivity contribution in [1.82, 2.24) is 9.99 Å². The number of H-pyrrole nitrogens is 1. The first-order valence-electron chi connectivity index (χ1n) is 9.34. The van der Waals surface area contributed by atoms with Crippen LogP contribution in [0.3, 0.4) is 0 Å². The Bertz CT molecular complexity index is 1020. The minimum absolute atomic E-state index is 0.230. The van der Waals surface area contributed by atoms with Gasteiger partial charge < -0.3 is 9.72 Å². The number of nitrogens with zero attached hydrogens (tertiary/aromatic N) is 2. The number of amides is 1. The molecule has 1 aromatic heterocycles. The van der Waals surface area contributed by atoms with Crippen LogP contribution in [-0.2, 0) is 20.7 Å². The smallest absolute Gasteiger partial charge is 0.306 e. The van der Waals surface area contributed by atoms with Crippen LogP contribution in [0.4, 0.5) is 0 Å². The Morgan fingerprint density at radius 2 is 1.86 bits per heavy atom. The highest BCUT2D eigenvalue weighted by molar-refractivity contribution is 6.02. The number of ether oxygens (including phenoxy) is 1. The third-order valence-corrected chi connectivity index (χ3v) is 4.83. The van der Waals surface area contributed by atoms with Gasteiger partial charge in [0.05, 0.1) is 12.3 Å². The Kier molecular flexibility index (Phi) is 5.19. The van der Waals surface area contributed by atoms with Gasteiger partial charge in [0.25, 0.3) is 5.91 Å². The van der Waals surface area contributed by atoms with Crippen molar-refractivity contribution in [3.8, 4) is 0 Å². The van der Waals surface area contributed by atoms with E-state index in [9.17, 15) is 9.59 Å². The second-order valence-electron chi connectivity index (χ2n) is 6.70. The number of fused-ring (bicyclic) bond motifs is 1. The van der Waals surface area contributed by atoms with Crippen LogP contribution in [0.25, 0.3) is 10.9 Å². The molecule has 6 heteroatoms. The van der Waals surface area contributed by atoms with E-state index in [0.717, 1.165) is 27.7 Å². The molecule has 2 aromatic carbocycles. The van der Waals surface area contributed by atoms with Crippen LogP contribution < -0.4 is 0 Å². The monoisotopic (exact) mass is 375 g/mol. The Morgan fingerprint density at radius 3 is 2.71 bits per heavy atom. The summed E-state index contributed by atoms with van der Waals surface area (Å²) in [4.78, 5) is 27.5. The van der Waals surface area contributed by atoms with E-state index in [1.165, 1.54) is 5.01 Å². The molecule has 4 rings (SSSR count). The standard InChI is InChI=1S/C22H21N3O3/c26-21(25-13-12-19(24-25)16-6-2-1-3-7-16)15-28-22(27)11-10-17-14-23-20-9-5-4-8-18(17)20/h1-9,14,23H,10-13,15H2. The van der Waals surface area contributed by atoms with Crippen molar-refractivity contribution in [3.05, 3.63) is 71.9 Å². The summed E-state index contributed by atoms with van der Waals surface area (Å²) >= 11 is 0. The average Bonchev–Trinajstić information content (AvgIpc) is 3.39. The zero-order chi connectivity index (χ0) is 19.3. The third-order valence-electron chi connectivity index (χ3n) is 4.83. The molecule has 0 aliphatic carbocycles. The number of hydrogen-bond donors (Lipinski definition) is 1. The van der Waals surface area contributed by atoms with Crippen molar-refractivity contribution in [1.29, 1.82) is 0 Å². The lowest BCUT2D eigenvalue weighted by Crippen LogP contribution is -2.28. The fraction of sp³-hybridized carbons (Fsp3) is 0.227. The maximum atomic E-state index is 12.3. The quantitative estimate of drug-likeness (QED) is 0.672. The minimum Gasteiger partial charge on any atom is -0.455 e. The number of carbonyl (C=O) groups excluding carboxylic acids is 2. The maximum absolute atomic E-state index is 12.3. The Balaban J connectivity index is 1.27. The van der Waals surface area contributed by atoms with E-state index in [0.29, 0.717) is 19.4 Å². The fourth-order valence-electron chi connectivity index (χ4n) is 3.33. The molecule has 6 nitrogen and oxygen atoms in total. The second-order valence-corrected chi connectivity index (χ2v) is 6.70. The van der Waals surface area contributed by atoms with Crippen molar-refractivity contribution in [2.45, 2.75) is 19.3 Å². The first-order chi connectivity index (χ1) is 13.7. The molecule has 0 spiro atoms. The number of para-hydroxylation sites is 1. The number of aryl methyl sites for hydroxylation is 1. The maximum Gasteiger partial charge on any atom is 0.306 e. The molecule has 0 saturated heterocycles. The topological polar surface area (TPSA) is 74.8 Å². The number of rotatable bonds is 6. The van der Waals surface area contributed by atoms with Gasteiger partial charge >= 0.3 is 5.97 Å². The molecule has 0 unspecified atom stereocenters. The van der Waals surface area contributed by atoms with Crippen LogP contribution in [-0.4, -0.2) is 40.7 Å². The Morgan fingerprint density at radius 1 is 1.07 bits per heavy atom. The molecular formula is C22H21N3O3. The van der Waals surface area contributed by atoms with Gasteiger partial charge in [-0.05, 0) is 23.6 Å². The molecule has 0 atom stereocenters. The summed E-state index contributed by atoms with van der Waals surface area (Å²) in [5.74, 6) is -0.684. The lowest BCUT2D eigenvalue weighted by molar-refractivity contribution is -0.151. The van der Waals surface area contributed by atoms with Gasteiger partial charge in [-0.25, -0.2) is 5.01 Å². The molecule has 0 fully saturated rings. The molecule has 0 radical (unpaired) electrons. The Labute approximate surface area is 162 Å². The molecule has 1 aliphatic rings. The highest BCUT2D eigenvalue weighted by Crippen LogP contribution is 2.19. The number of nitrogens with one attached hydrogen (secondary N) is 1. The van der Waals surface area contributed by atoms with Gasteiger partial charge in [0, 0.05) is 29.9 Å². The zero-order valence-electron chi connectivity index (χ0n) is 15.4. The fourth-order valence-corrected chi connectivity index (χ4v) is 3.33. The van der Waals surface area contributed by atoms with E-state index < -0.39 is 0 Å². The molecule has 1 N–H and O–H groups in total. The van der Waals surface area contributed by atoms with Crippen molar-refractivity contribution >= 4 is 28.5 Å². The van der Waals surface area contributed by atoms with Gasteiger partial charge in [-0.1, -0.05) is 48.5 Å². The van der Waals surface area contributed by atoms with Crippen LogP contribution in [0.2, 0.25) is 0 Å². The molecule has 0 bridgehead atoms. The van der Waals surface area contributed by atoms with Crippen molar-refractivity contribution in [3.63, 3.8) is 0 Å². The molecule has 1 aliphatic heterocycles. The summed E-state index contributed by atoms with van der Waals surface area (Å²) in [7, 11) is 0. The van der Waals surface area contributed by atoms with Crippen LogP contribution in [0, 0.1) is 0 Å². The lowest BCUT2D eigenvalue weighted by Gasteiger charge is -2.11. The number of aromatic amines is 1. The predicted octanol–water partition coefficient (Wildman–Crippen LogP) is 3.28. The largest absolute Gasteiger partial charge is 0.455 e. The molecule has 28 heavy (non-hydrogen) atoms. The first kappa shape index (κ1) is 18.0. The summed E-state index contributed by atoms with van der Waals surface area (Å²) in [6.45, 7) is 0.230. The van der Waals surface area contributed by atoms with Crippen LogP contribution in [0.5, 0.6) is 0 Å². The summed E-state index contributed by atoms with van der Waals surface area (Å²) in [5.41, 5.74) is 3.99. The summed E-state index contributed by atoms with van der Waals surface area (Å²) in [6, 6.07) is 17.7. The minimum atomic E-state index is -0.384. The van der Waals surface area contributed by atoms with Crippen molar-refractivity contribution in [2.24, 2.45) is 5.10 Å². The average molecular weight is 375 g/mol. The summed E-state index contributed by atoms with van der Waals surface area (Å²) < 4.78 is 5.16. The van der Waals surface area contributed by atoms with E-state index in [4.69, 9.17) is 4.74 Å². The molecule has 2 heterocycles.